The molecular weight excluding hydrogens is 300 g/mol. The van der Waals surface area contributed by atoms with E-state index in [2.05, 4.69) is 80.6 Å². The van der Waals surface area contributed by atoms with Crippen LogP contribution < -0.4 is 0 Å². The normalized spacial score (nSPS) is 13.9. The zero-order chi connectivity index (χ0) is 17.0. The highest BCUT2D eigenvalue weighted by molar-refractivity contribution is 6.25. The second-order valence-electron chi connectivity index (χ2n) is 7.54. The largest absolute Gasteiger partial charge is 0.0836 e. The van der Waals surface area contributed by atoms with E-state index in [9.17, 15) is 0 Å². The fourth-order valence-electron chi connectivity index (χ4n) is 4.26. The molecule has 4 aromatic rings. The van der Waals surface area contributed by atoms with Gasteiger partial charge in [0.1, 0.15) is 0 Å². The predicted octanol–water partition coefficient (Wildman–Crippen LogP) is 7.23. The Morgan fingerprint density at radius 3 is 2.16 bits per heavy atom. The van der Waals surface area contributed by atoms with Crippen molar-refractivity contribution in [3.8, 4) is 0 Å². The summed E-state index contributed by atoms with van der Waals surface area (Å²) in [6.07, 6.45) is 6.90. The van der Waals surface area contributed by atoms with Crippen LogP contribution in [0.15, 0.2) is 60.7 Å². The molecule has 4 aromatic carbocycles. The number of hydrogen-bond acceptors (Lipinski definition) is 0. The van der Waals surface area contributed by atoms with Crippen molar-refractivity contribution in [2.75, 3.05) is 0 Å². The minimum Gasteiger partial charge on any atom is -0.0836 e. The summed E-state index contributed by atoms with van der Waals surface area (Å²) in [7, 11) is 0. The maximum atomic E-state index is 2.44. The third-order valence-corrected chi connectivity index (χ3v) is 5.66. The molecule has 0 radical (unpaired) electrons. The van der Waals surface area contributed by atoms with Crippen molar-refractivity contribution >= 4 is 38.4 Å². The van der Waals surface area contributed by atoms with E-state index in [1.165, 1.54) is 49.0 Å². The van der Waals surface area contributed by atoms with Gasteiger partial charge < -0.3 is 0 Å². The quantitative estimate of drug-likeness (QED) is 0.324. The Kier molecular flexibility index (Phi) is 3.21. The maximum Gasteiger partial charge on any atom is -0.00928 e. The fraction of sp³-hybridized carbons (Fsp3) is 0.200. The highest BCUT2D eigenvalue weighted by atomic mass is 14.2. The van der Waals surface area contributed by atoms with E-state index in [1.807, 2.05) is 0 Å². The van der Waals surface area contributed by atoms with Gasteiger partial charge in [0.05, 0.1) is 0 Å². The van der Waals surface area contributed by atoms with Gasteiger partial charge in [0.15, 0.2) is 0 Å². The third-order valence-electron chi connectivity index (χ3n) is 5.66. The van der Waals surface area contributed by atoms with Crippen molar-refractivity contribution in [1.29, 1.82) is 0 Å². The van der Waals surface area contributed by atoms with Crippen molar-refractivity contribution in [2.24, 2.45) is 0 Å². The number of fused-ring (bicyclic) bond motifs is 7. The minimum atomic E-state index is 0.549. The van der Waals surface area contributed by atoms with E-state index in [4.69, 9.17) is 0 Å². The summed E-state index contributed by atoms with van der Waals surface area (Å²) in [6.45, 7) is 4.54. The molecule has 0 heterocycles. The molecule has 0 nitrogen and oxygen atoms in total. The molecule has 0 aliphatic heterocycles. The topological polar surface area (TPSA) is 0 Å². The van der Waals surface area contributed by atoms with Gasteiger partial charge in [-0.05, 0) is 79.9 Å². The van der Waals surface area contributed by atoms with Crippen LogP contribution in [0.3, 0.4) is 0 Å². The average molecular weight is 322 g/mol. The molecular formula is C25H22. The molecule has 0 unspecified atom stereocenters. The molecule has 0 spiro atoms. The van der Waals surface area contributed by atoms with Crippen LogP contribution in [0.5, 0.6) is 0 Å². The minimum absolute atomic E-state index is 0.549. The van der Waals surface area contributed by atoms with Gasteiger partial charge in [-0.25, -0.2) is 0 Å². The Morgan fingerprint density at radius 1 is 0.720 bits per heavy atom. The third kappa shape index (κ3) is 2.21. The molecule has 25 heavy (non-hydrogen) atoms. The molecule has 0 saturated carbocycles. The van der Waals surface area contributed by atoms with E-state index < -0.39 is 0 Å². The van der Waals surface area contributed by atoms with E-state index >= 15 is 0 Å². The lowest BCUT2D eigenvalue weighted by atomic mass is 9.87. The molecule has 0 atom stereocenters. The number of aryl methyl sites for hydroxylation is 1. The van der Waals surface area contributed by atoms with Gasteiger partial charge >= 0.3 is 0 Å². The molecule has 122 valence electrons. The highest BCUT2D eigenvalue weighted by Gasteiger charge is 2.13. The Morgan fingerprint density at radius 2 is 1.40 bits per heavy atom. The first-order chi connectivity index (χ1) is 12.2. The zero-order valence-electron chi connectivity index (χ0n) is 14.8. The van der Waals surface area contributed by atoms with Gasteiger partial charge in [-0.3, -0.25) is 0 Å². The molecule has 0 heteroatoms. The Hall–Kier alpha value is -2.60. The zero-order valence-corrected chi connectivity index (χ0v) is 14.8. The van der Waals surface area contributed by atoms with Crippen LogP contribution in [-0.4, -0.2) is 0 Å². The SMILES string of the molecule is CC(C)c1ccc2c(c1)c1ccccc1c1cc3c(cc21)CCC=C3. The number of rotatable bonds is 1. The first-order valence-corrected chi connectivity index (χ1v) is 9.30. The van der Waals surface area contributed by atoms with Crippen LogP contribution in [0.2, 0.25) is 0 Å². The van der Waals surface area contributed by atoms with Gasteiger partial charge in [0.25, 0.3) is 0 Å². The lowest BCUT2D eigenvalue weighted by molar-refractivity contribution is 0.869. The number of allylic oxidation sites excluding steroid dienone is 1. The Balaban J connectivity index is 2.01. The highest BCUT2D eigenvalue weighted by Crippen LogP contribution is 2.38. The van der Waals surface area contributed by atoms with Crippen molar-refractivity contribution < 1.29 is 0 Å². The fourth-order valence-corrected chi connectivity index (χ4v) is 4.26. The smallest absolute Gasteiger partial charge is 0.00928 e. The first kappa shape index (κ1) is 14.7. The molecule has 0 N–H and O–H groups in total. The molecule has 0 fully saturated rings. The Bertz CT molecular complexity index is 1160. The number of hydrogen-bond donors (Lipinski definition) is 0. The van der Waals surface area contributed by atoms with E-state index in [-0.39, 0.29) is 0 Å². The monoisotopic (exact) mass is 322 g/mol. The summed E-state index contributed by atoms with van der Waals surface area (Å²) in [5.41, 5.74) is 4.29. The summed E-state index contributed by atoms with van der Waals surface area (Å²) in [4.78, 5) is 0. The lowest BCUT2D eigenvalue weighted by Gasteiger charge is -2.17. The van der Waals surface area contributed by atoms with E-state index in [0.717, 1.165) is 12.8 Å². The maximum absolute atomic E-state index is 2.44. The molecule has 0 aromatic heterocycles. The predicted molar refractivity (Wildman–Crippen MR) is 110 cm³/mol. The molecule has 0 bridgehead atoms. The van der Waals surface area contributed by atoms with E-state index in [1.54, 1.807) is 0 Å². The summed E-state index contributed by atoms with van der Waals surface area (Å²) in [6, 6.07) is 20.8. The summed E-state index contributed by atoms with van der Waals surface area (Å²) >= 11 is 0. The lowest BCUT2D eigenvalue weighted by Crippen LogP contribution is -1.95. The second-order valence-corrected chi connectivity index (χ2v) is 7.54. The first-order valence-electron chi connectivity index (χ1n) is 9.30. The molecule has 0 amide bonds. The van der Waals surface area contributed by atoms with Crippen molar-refractivity contribution in [3.05, 3.63) is 77.4 Å². The van der Waals surface area contributed by atoms with Crippen molar-refractivity contribution in [3.63, 3.8) is 0 Å². The number of benzene rings is 4. The van der Waals surface area contributed by atoms with Crippen LogP contribution in [0.4, 0.5) is 0 Å². The van der Waals surface area contributed by atoms with Crippen LogP contribution in [0, 0.1) is 0 Å². The van der Waals surface area contributed by atoms with Gasteiger partial charge in [-0.15, -0.1) is 0 Å². The van der Waals surface area contributed by atoms with Gasteiger partial charge in [-0.2, -0.15) is 0 Å². The second kappa shape index (κ2) is 5.46. The van der Waals surface area contributed by atoms with Gasteiger partial charge in [-0.1, -0.05) is 68.5 Å². The van der Waals surface area contributed by atoms with Gasteiger partial charge in [0, 0.05) is 0 Å². The van der Waals surface area contributed by atoms with E-state index in [0.29, 0.717) is 5.92 Å². The summed E-state index contributed by atoms with van der Waals surface area (Å²) in [5.74, 6) is 0.549. The van der Waals surface area contributed by atoms with Crippen molar-refractivity contribution in [1.82, 2.24) is 0 Å². The van der Waals surface area contributed by atoms with Crippen LogP contribution in [0.25, 0.3) is 38.4 Å². The standard InChI is InChI=1S/C25H22/c1-16(2)17-11-12-22-23(13-17)20-9-5-6-10-21(20)24-14-18-7-3-4-8-19(18)15-25(22)24/h3,5-7,9-16H,4,8H2,1-2H3. The molecule has 0 saturated heterocycles. The van der Waals surface area contributed by atoms with Gasteiger partial charge in [0.2, 0.25) is 0 Å². The van der Waals surface area contributed by atoms with Crippen LogP contribution in [-0.2, 0) is 6.42 Å². The molecule has 1 aliphatic carbocycles. The van der Waals surface area contributed by atoms with Crippen molar-refractivity contribution in [2.45, 2.75) is 32.6 Å². The summed E-state index contributed by atoms with van der Waals surface area (Å²) < 4.78 is 0. The molecule has 1 aliphatic rings. The molecule has 5 rings (SSSR count). The average Bonchev–Trinajstić information content (AvgIpc) is 2.66. The van der Waals surface area contributed by atoms with Crippen LogP contribution in [0.1, 0.15) is 42.9 Å². The van der Waals surface area contributed by atoms with Crippen LogP contribution >= 0.6 is 0 Å². The summed E-state index contributed by atoms with van der Waals surface area (Å²) in [5, 5.41) is 8.29. The Labute approximate surface area is 148 Å².